The second kappa shape index (κ2) is 13.4. The van der Waals surface area contributed by atoms with Crippen molar-refractivity contribution in [2.75, 3.05) is 0 Å². The maximum Gasteiger partial charge on any atom is 0.231 e. The largest absolute Gasteiger partial charge is 0.231 e. The number of hydrogen-bond donors (Lipinski definition) is 2. The topological polar surface area (TPSA) is 81.8 Å². The van der Waals surface area contributed by atoms with Gasteiger partial charge in [0.25, 0.3) is 0 Å². The summed E-state index contributed by atoms with van der Waals surface area (Å²) in [5.74, 6) is 0. The molecule has 0 saturated carbocycles. The van der Waals surface area contributed by atoms with Crippen molar-refractivity contribution in [3.05, 3.63) is 66.8 Å². The molecule has 2 aromatic carbocycles. The SMILES string of the molecule is Cc1c(C)c(C)c(C)c(C)c1C.Cc1c(C)c(C)c(C)c(C)c1C.N=C=O.N=C=O. The first-order valence-corrected chi connectivity index (χ1v) is 9.91. The smallest absolute Gasteiger partial charge is 0.222 e. The van der Waals surface area contributed by atoms with E-state index in [2.05, 4.69) is 83.1 Å². The van der Waals surface area contributed by atoms with E-state index >= 15 is 0 Å². The molecule has 2 N–H and O–H groups in total. The Bertz CT molecular complexity index is 668. The van der Waals surface area contributed by atoms with Gasteiger partial charge in [0.05, 0.1) is 0 Å². The second-order valence-corrected chi connectivity index (χ2v) is 7.70. The molecule has 0 amide bonds. The van der Waals surface area contributed by atoms with Gasteiger partial charge >= 0.3 is 0 Å². The third-order valence-electron chi connectivity index (χ3n) is 6.75. The molecule has 0 saturated heterocycles. The predicted octanol–water partition coefficient (Wildman–Crippen LogP) is 6.88. The van der Waals surface area contributed by atoms with Gasteiger partial charge in [-0.25, -0.2) is 20.4 Å². The molecule has 2 rings (SSSR count). The van der Waals surface area contributed by atoms with Crippen LogP contribution in [0.15, 0.2) is 0 Å². The fourth-order valence-electron chi connectivity index (χ4n) is 3.38. The van der Waals surface area contributed by atoms with Crippen LogP contribution < -0.4 is 0 Å². The summed E-state index contributed by atoms with van der Waals surface area (Å²) in [7, 11) is 0. The molecule has 30 heavy (non-hydrogen) atoms. The van der Waals surface area contributed by atoms with Crippen molar-refractivity contribution in [3.63, 3.8) is 0 Å². The molecule has 0 aliphatic rings. The van der Waals surface area contributed by atoms with Crippen LogP contribution in [0.4, 0.5) is 0 Å². The average molecular weight is 411 g/mol. The molecule has 0 fully saturated rings. The molecule has 0 unspecified atom stereocenters. The summed E-state index contributed by atoms with van der Waals surface area (Å²) in [6, 6.07) is 0. The summed E-state index contributed by atoms with van der Waals surface area (Å²) < 4.78 is 0. The lowest BCUT2D eigenvalue weighted by Gasteiger charge is -2.15. The summed E-state index contributed by atoms with van der Waals surface area (Å²) in [4.78, 5) is 16.7. The van der Waals surface area contributed by atoms with Gasteiger partial charge in [0, 0.05) is 0 Å². The van der Waals surface area contributed by atoms with Crippen LogP contribution in [0.1, 0.15) is 66.8 Å². The second-order valence-electron chi connectivity index (χ2n) is 7.70. The standard InChI is InChI=1S/2C12H18.2CHNO/c2*1-7-8(2)10(4)12(6)11(5)9(7)3;2*2-1-3/h2*1-6H3;2*2H. The zero-order valence-corrected chi connectivity index (χ0v) is 20.8. The van der Waals surface area contributed by atoms with E-state index in [1.165, 1.54) is 66.8 Å². The molecule has 0 bridgehead atoms. The van der Waals surface area contributed by atoms with Crippen molar-refractivity contribution in [2.24, 2.45) is 0 Å². The lowest BCUT2D eigenvalue weighted by molar-refractivity contribution is 0.562. The number of benzene rings is 2. The Kier molecular flexibility index (Phi) is 13.2. The van der Waals surface area contributed by atoms with Gasteiger partial charge in [-0.05, 0) is 150 Å². The van der Waals surface area contributed by atoms with Gasteiger partial charge in [0.2, 0.25) is 12.2 Å². The van der Waals surface area contributed by atoms with E-state index < -0.39 is 0 Å². The van der Waals surface area contributed by atoms with Gasteiger partial charge in [-0.1, -0.05) is 0 Å². The maximum absolute atomic E-state index is 8.35. The Hall–Kier alpha value is -2.80. The van der Waals surface area contributed by atoms with Gasteiger partial charge in [-0.2, -0.15) is 0 Å². The van der Waals surface area contributed by atoms with Crippen LogP contribution >= 0.6 is 0 Å². The highest BCUT2D eigenvalue weighted by Crippen LogP contribution is 2.25. The molecular formula is C26H38N2O2. The molecule has 0 aromatic heterocycles. The summed E-state index contributed by atoms with van der Waals surface area (Å²) in [6.45, 7) is 26.5. The van der Waals surface area contributed by atoms with E-state index in [0.717, 1.165) is 12.2 Å². The minimum atomic E-state index is 0.750. The van der Waals surface area contributed by atoms with E-state index in [1.807, 2.05) is 0 Å². The van der Waals surface area contributed by atoms with E-state index in [-0.39, 0.29) is 0 Å². The molecule has 0 heterocycles. The predicted molar refractivity (Wildman–Crippen MR) is 127 cm³/mol. The zero-order chi connectivity index (χ0) is 24.3. The molecular weight excluding hydrogens is 372 g/mol. The van der Waals surface area contributed by atoms with Crippen molar-refractivity contribution >= 4 is 12.2 Å². The lowest BCUT2D eigenvalue weighted by atomic mass is 9.90. The Labute approximate surface area is 182 Å². The van der Waals surface area contributed by atoms with Crippen LogP contribution in [0.5, 0.6) is 0 Å². The van der Waals surface area contributed by atoms with Crippen molar-refractivity contribution in [3.8, 4) is 0 Å². The van der Waals surface area contributed by atoms with Crippen molar-refractivity contribution in [1.29, 1.82) is 10.8 Å². The first-order valence-electron chi connectivity index (χ1n) is 9.91. The van der Waals surface area contributed by atoms with Crippen molar-refractivity contribution in [1.82, 2.24) is 0 Å². The Morgan fingerprint density at radius 3 is 0.400 bits per heavy atom. The van der Waals surface area contributed by atoms with Gasteiger partial charge in [0.15, 0.2) is 0 Å². The van der Waals surface area contributed by atoms with Crippen LogP contribution in [0.2, 0.25) is 0 Å². The fourth-order valence-corrected chi connectivity index (χ4v) is 3.38. The number of rotatable bonds is 0. The molecule has 2 aromatic rings. The van der Waals surface area contributed by atoms with E-state index in [4.69, 9.17) is 20.4 Å². The molecule has 4 nitrogen and oxygen atoms in total. The quantitative estimate of drug-likeness (QED) is 0.367. The summed E-state index contributed by atoms with van der Waals surface area (Å²) in [5, 5.41) is 10.8. The molecule has 0 radical (unpaired) electrons. The van der Waals surface area contributed by atoms with Crippen LogP contribution in [0.3, 0.4) is 0 Å². The number of isocyanates is 2. The van der Waals surface area contributed by atoms with Crippen LogP contribution in [0.25, 0.3) is 0 Å². The van der Waals surface area contributed by atoms with E-state index in [1.54, 1.807) is 0 Å². The molecule has 0 aliphatic heterocycles. The highest BCUT2D eigenvalue weighted by Gasteiger charge is 2.08. The number of hydrogen-bond acceptors (Lipinski definition) is 4. The van der Waals surface area contributed by atoms with Gasteiger partial charge < -0.3 is 0 Å². The third kappa shape index (κ3) is 7.22. The zero-order valence-electron chi connectivity index (χ0n) is 20.8. The first kappa shape index (κ1) is 29.4. The van der Waals surface area contributed by atoms with Gasteiger partial charge in [-0.15, -0.1) is 0 Å². The Morgan fingerprint density at radius 1 is 0.333 bits per heavy atom. The summed E-state index contributed by atoms with van der Waals surface area (Å²) in [6.07, 6.45) is 1.50. The summed E-state index contributed by atoms with van der Waals surface area (Å²) >= 11 is 0. The third-order valence-corrected chi connectivity index (χ3v) is 6.75. The normalized spacial score (nSPS) is 8.93. The molecule has 164 valence electrons. The van der Waals surface area contributed by atoms with Crippen LogP contribution in [-0.4, -0.2) is 12.2 Å². The monoisotopic (exact) mass is 410 g/mol. The summed E-state index contributed by atoms with van der Waals surface area (Å²) in [5.41, 5.74) is 17.5. The highest BCUT2D eigenvalue weighted by molar-refractivity contribution is 5.49. The Morgan fingerprint density at radius 2 is 0.367 bits per heavy atom. The molecule has 0 spiro atoms. The number of nitrogens with one attached hydrogen (secondary N) is 2. The first-order chi connectivity index (χ1) is 13.8. The van der Waals surface area contributed by atoms with Gasteiger partial charge in [-0.3, -0.25) is 0 Å². The molecule has 4 heteroatoms. The molecule has 0 atom stereocenters. The highest BCUT2D eigenvalue weighted by atomic mass is 16.1. The van der Waals surface area contributed by atoms with Crippen molar-refractivity contribution < 1.29 is 9.59 Å². The maximum atomic E-state index is 8.35. The van der Waals surface area contributed by atoms with Crippen LogP contribution in [-0.2, 0) is 9.59 Å². The fraction of sp³-hybridized carbons (Fsp3) is 0.462. The lowest BCUT2D eigenvalue weighted by Crippen LogP contribution is -1.98. The van der Waals surface area contributed by atoms with E-state index in [9.17, 15) is 0 Å². The Balaban J connectivity index is 0. The van der Waals surface area contributed by atoms with Crippen molar-refractivity contribution in [2.45, 2.75) is 83.1 Å². The molecule has 0 aliphatic carbocycles. The number of carbonyl (C=O) groups excluding carboxylic acids is 2. The van der Waals surface area contributed by atoms with E-state index in [0.29, 0.717) is 0 Å². The average Bonchev–Trinajstić information content (AvgIpc) is 2.72. The minimum Gasteiger partial charge on any atom is -0.222 e. The van der Waals surface area contributed by atoms with Crippen LogP contribution in [0, 0.1) is 93.9 Å². The van der Waals surface area contributed by atoms with Gasteiger partial charge in [0.1, 0.15) is 0 Å². The minimum absolute atomic E-state index is 0.750.